The third kappa shape index (κ3) is 5.04. The second-order valence-electron chi connectivity index (χ2n) is 7.60. The lowest BCUT2D eigenvalue weighted by Crippen LogP contribution is -2.07. The molecule has 0 radical (unpaired) electrons. The minimum atomic E-state index is -4.76. The molecule has 178 valence electrons. The number of nitrogens with zero attached hydrogens (tertiary/aromatic N) is 2. The molecule has 0 atom stereocenters. The summed E-state index contributed by atoms with van der Waals surface area (Å²) in [7, 11) is 0. The predicted octanol–water partition coefficient (Wildman–Crippen LogP) is 6.32. The van der Waals surface area contributed by atoms with Gasteiger partial charge in [0.1, 0.15) is 28.7 Å². The molecule has 2 aromatic carbocycles. The number of fused-ring (bicyclic) bond motifs is 1. The lowest BCUT2D eigenvalue weighted by atomic mass is 10.1. The van der Waals surface area contributed by atoms with Gasteiger partial charge in [-0.2, -0.15) is 13.2 Å². The Kier molecular flexibility index (Phi) is 6.30. The molecule has 0 aliphatic heterocycles. The maximum atomic E-state index is 14.0. The predicted molar refractivity (Wildman–Crippen MR) is 116 cm³/mol. The minimum absolute atomic E-state index is 0.0922. The van der Waals surface area contributed by atoms with Gasteiger partial charge in [0.2, 0.25) is 0 Å². The number of carboxylic acids is 1. The molecule has 11 heteroatoms. The van der Waals surface area contributed by atoms with E-state index in [-0.39, 0.29) is 25.0 Å². The Morgan fingerprint density at radius 2 is 1.94 bits per heavy atom. The SMILES string of the molecule is Cc1nc(-c2ccc(C(F)(F)F)c(F)c2)sc1COc1cc(C)c2nc(CCC(=O)O)oc2c1. The van der Waals surface area contributed by atoms with Gasteiger partial charge < -0.3 is 14.3 Å². The van der Waals surface area contributed by atoms with Crippen molar-refractivity contribution in [2.45, 2.75) is 39.5 Å². The van der Waals surface area contributed by atoms with Crippen molar-refractivity contribution >= 4 is 28.4 Å². The Balaban J connectivity index is 1.51. The largest absolute Gasteiger partial charge is 0.488 e. The van der Waals surface area contributed by atoms with Crippen LogP contribution in [0.3, 0.4) is 0 Å². The third-order valence-electron chi connectivity index (χ3n) is 5.04. The van der Waals surface area contributed by atoms with Gasteiger partial charge in [-0.15, -0.1) is 11.3 Å². The highest BCUT2D eigenvalue weighted by molar-refractivity contribution is 7.15. The van der Waals surface area contributed by atoms with Crippen molar-refractivity contribution in [3.8, 4) is 16.3 Å². The summed E-state index contributed by atoms with van der Waals surface area (Å²) in [6.07, 6.45) is -4.68. The van der Waals surface area contributed by atoms with E-state index in [0.717, 1.165) is 16.5 Å². The lowest BCUT2D eigenvalue weighted by Gasteiger charge is -2.08. The van der Waals surface area contributed by atoms with Crippen LogP contribution in [0.15, 0.2) is 34.7 Å². The van der Waals surface area contributed by atoms with E-state index in [0.29, 0.717) is 39.5 Å². The molecule has 0 spiro atoms. The van der Waals surface area contributed by atoms with Gasteiger partial charge in [-0.05, 0) is 37.6 Å². The molecule has 2 heterocycles. The Morgan fingerprint density at radius 3 is 2.62 bits per heavy atom. The van der Waals surface area contributed by atoms with Crippen molar-refractivity contribution in [3.05, 3.63) is 63.7 Å². The van der Waals surface area contributed by atoms with E-state index in [1.807, 2.05) is 6.92 Å². The number of ether oxygens (including phenoxy) is 1. The van der Waals surface area contributed by atoms with E-state index < -0.39 is 23.5 Å². The number of oxazole rings is 1. The average Bonchev–Trinajstić information content (AvgIpc) is 3.33. The highest BCUT2D eigenvalue weighted by Gasteiger charge is 2.34. The number of benzene rings is 2. The van der Waals surface area contributed by atoms with Gasteiger partial charge >= 0.3 is 12.1 Å². The number of aryl methyl sites for hydroxylation is 3. The molecule has 0 saturated carbocycles. The van der Waals surface area contributed by atoms with Crippen molar-refractivity contribution in [3.63, 3.8) is 0 Å². The molecule has 1 N–H and O–H groups in total. The molecule has 6 nitrogen and oxygen atoms in total. The highest BCUT2D eigenvalue weighted by atomic mass is 32.1. The van der Waals surface area contributed by atoms with Crippen molar-refractivity contribution in [1.29, 1.82) is 0 Å². The standard InChI is InChI=1S/C23H18F4N2O4S/c1-11-7-14(9-17-21(11)29-19(33-17)5-6-20(30)31)32-10-18-12(2)28-22(34-18)13-3-4-15(16(24)8-13)23(25,26)27/h3-4,7-9H,5-6,10H2,1-2H3,(H,30,31). The van der Waals surface area contributed by atoms with Crippen LogP contribution in [0.25, 0.3) is 21.7 Å². The number of hydrogen-bond acceptors (Lipinski definition) is 6. The normalized spacial score (nSPS) is 11.8. The number of thiazole rings is 1. The maximum absolute atomic E-state index is 14.0. The molecule has 34 heavy (non-hydrogen) atoms. The number of rotatable bonds is 7. The molecular formula is C23H18F4N2O4S. The zero-order valence-electron chi connectivity index (χ0n) is 18.0. The molecule has 0 amide bonds. The minimum Gasteiger partial charge on any atom is -0.488 e. The highest BCUT2D eigenvalue weighted by Crippen LogP contribution is 2.35. The molecule has 0 saturated heterocycles. The first-order chi connectivity index (χ1) is 16.0. The summed E-state index contributed by atoms with van der Waals surface area (Å²) < 4.78 is 63.9. The lowest BCUT2D eigenvalue weighted by molar-refractivity contribution is -0.140. The summed E-state index contributed by atoms with van der Waals surface area (Å²) >= 11 is 1.20. The Bertz CT molecular complexity index is 1380. The fourth-order valence-corrected chi connectivity index (χ4v) is 4.30. The number of alkyl halides is 3. The van der Waals surface area contributed by atoms with Crippen molar-refractivity contribution < 1.29 is 36.6 Å². The van der Waals surface area contributed by atoms with E-state index in [2.05, 4.69) is 9.97 Å². The van der Waals surface area contributed by atoms with Crippen molar-refractivity contribution in [1.82, 2.24) is 9.97 Å². The summed E-state index contributed by atoms with van der Waals surface area (Å²) in [6, 6.07) is 6.15. The molecule has 4 aromatic rings. The summed E-state index contributed by atoms with van der Waals surface area (Å²) in [4.78, 5) is 20.2. The van der Waals surface area contributed by atoms with Gasteiger partial charge in [-0.25, -0.2) is 14.4 Å². The monoisotopic (exact) mass is 494 g/mol. The van der Waals surface area contributed by atoms with Gasteiger partial charge in [0.05, 0.1) is 22.6 Å². The number of halogens is 4. The number of carboxylic acid groups (broad SMARTS) is 1. The zero-order chi connectivity index (χ0) is 24.6. The van der Waals surface area contributed by atoms with Crippen LogP contribution in [0.2, 0.25) is 0 Å². The molecule has 4 rings (SSSR count). The Labute approximate surface area is 194 Å². The second kappa shape index (κ2) is 9.05. The Hall–Kier alpha value is -3.47. The van der Waals surface area contributed by atoms with E-state index in [9.17, 15) is 22.4 Å². The van der Waals surface area contributed by atoms with Crippen LogP contribution >= 0.6 is 11.3 Å². The van der Waals surface area contributed by atoms with Crippen LogP contribution in [0.5, 0.6) is 5.75 Å². The number of aromatic nitrogens is 2. The number of hydrogen-bond donors (Lipinski definition) is 1. The maximum Gasteiger partial charge on any atom is 0.419 e. The molecule has 0 unspecified atom stereocenters. The third-order valence-corrected chi connectivity index (χ3v) is 6.22. The van der Waals surface area contributed by atoms with Crippen LogP contribution in [-0.4, -0.2) is 21.0 Å². The van der Waals surface area contributed by atoms with E-state index in [4.69, 9.17) is 14.3 Å². The summed E-state index contributed by atoms with van der Waals surface area (Å²) in [5.41, 5.74) is 1.43. The summed E-state index contributed by atoms with van der Waals surface area (Å²) in [5, 5.41) is 9.21. The van der Waals surface area contributed by atoms with Gasteiger partial charge in [-0.3, -0.25) is 4.79 Å². The molecular weight excluding hydrogens is 476 g/mol. The number of aliphatic carboxylic acids is 1. The van der Waals surface area contributed by atoms with Gasteiger partial charge in [-0.1, -0.05) is 6.07 Å². The second-order valence-corrected chi connectivity index (χ2v) is 8.68. The summed E-state index contributed by atoms with van der Waals surface area (Å²) in [6.45, 7) is 3.70. The quantitative estimate of drug-likeness (QED) is 0.303. The first kappa shape index (κ1) is 23.7. The number of carbonyl (C=O) groups is 1. The zero-order valence-corrected chi connectivity index (χ0v) is 18.8. The van der Waals surface area contributed by atoms with Gasteiger partial charge in [0, 0.05) is 18.1 Å². The van der Waals surface area contributed by atoms with E-state index in [1.54, 1.807) is 19.1 Å². The van der Waals surface area contributed by atoms with Crippen molar-refractivity contribution in [2.75, 3.05) is 0 Å². The topological polar surface area (TPSA) is 85.5 Å². The fraction of sp³-hybridized carbons (Fsp3) is 0.261. The molecule has 0 aliphatic carbocycles. The van der Waals surface area contributed by atoms with Crippen LogP contribution < -0.4 is 4.74 Å². The fourth-order valence-electron chi connectivity index (χ4n) is 3.33. The van der Waals surface area contributed by atoms with Crippen LogP contribution in [0, 0.1) is 19.7 Å². The van der Waals surface area contributed by atoms with Gasteiger partial charge in [0.25, 0.3) is 0 Å². The summed E-state index contributed by atoms with van der Waals surface area (Å²) in [5.74, 6) is -1.47. The molecule has 0 fully saturated rings. The molecule has 2 aromatic heterocycles. The molecule has 0 aliphatic rings. The van der Waals surface area contributed by atoms with E-state index >= 15 is 0 Å². The van der Waals surface area contributed by atoms with Gasteiger partial charge in [0.15, 0.2) is 11.5 Å². The molecule has 0 bridgehead atoms. The Morgan fingerprint density at radius 1 is 1.18 bits per heavy atom. The van der Waals surface area contributed by atoms with Crippen LogP contribution in [0.4, 0.5) is 17.6 Å². The van der Waals surface area contributed by atoms with Crippen LogP contribution in [-0.2, 0) is 24.0 Å². The van der Waals surface area contributed by atoms with Crippen LogP contribution in [0.1, 0.15) is 34.0 Å². The van der Waals surface area contributed by atoms with Crippen molar-refractivity contribution in [2.24, 2.45) is 0 Å². The average molecular weight is 494 g/mol. The van der Waals surface area contributed by atoms with E-state index in [1.165, 1.54) is 17.4 Å². The first-order valence-electron chi connectivity index (χ1n) is 10.1. The smallest absolute Gasteiger partial charge is 0.419 e. The first-order valence-corrected chi connectivity index (χ1v) is 10.9.